The van der Waals surface area contributed by atoms with Gasteiger partial charge < -0.3 is 9.84 Å². The maximum atomic E-state index is 11.2. The quantitative estimate of drug-likeness (QED) is 0.631. The lowest BCUT2D eigenvalue weighted by Crippen LogP contribution is -2.53. The number of hydrogen-bond acceptors (Lipinski definition) is 3. The highest BCUT2D eigenvalue weighted by molar-refractivity contribution is 5.85. The number of carbonyl (C=O) groups excluding carboxylic acids is 1. The van der Waals surface area contributed by atoms with Crippen LogP contribution in [0.1, 0.15) is 59.3 Å². The number of aliphatic hydroxyl groups is 1. The Hall–Kier alpha value is -1.09. The van der Waals surface area contributed by atoms with E-state index >= 15 is 0 Å². The summed E-state index contributed by atoms with van der Waals surface area (Å²) in [5.74, 6) is 0.845. The number of rotatable bonds is 3. The van der Waals surface area contributed by atoms with Crippen molar-refractivity contribution < 1.29 is 14.6 Å². The van der Waals surface area contributed by atoms with Crippen LogP contribution in [0.5, 0.6) is 0 Å². The van der Waals surface area contributed by atoms with E-state index in [1.807, 2.05) is 0 Å². The third kappa shape index (κ3) is 3.00. The molecule has 0 aromatic rings. The fraction of sp³-hybridized carbons (Fsp3) is 0.750. The first-order valence-corrected chi connectivity index (χ1v) is 8.94. The Morgan fingerprint density at radius 2 is 2.09 bits per heavy atom. The fourth-order valence-corrected chi connectivity index (χ4v) is 5.86. The molecule has 0 amide bonds. The topological polar surface area (TPSA) is 46.5 Å². The Labute approximate surface area is 139 Å². The molecular weight excluding hydrogens is 288 g/mol. The number of allylic oxidation sites excluding steroid dienone is 1. The van der Waals surface area contributed by atoms with Crippen LogP contribution >= 0.6 is 0 Å². The Kier molecular flexibility index (Phi) is 4.20. The maximum Gasteiger partial charge on any atom is 0.331 e. The maximum absolute atomic E-state index is 11.2. The number of hydrogen-bond donors (Lipinski definition) is 1. The van der Waals surface area contributed by atoms with Gasteiger partial charge in [0.2, 0.25) is 0 Å². The summed E-state index contributed by atoms with van der Waals surface area (Å²) in [5, 5.41) is 10.5. The first-order valence-electron chi connectivity index (χ1n) is 8.94. The zero-order valence-electron chi connectivity index (χ0n) is 14.7. The van der Waals surface area contributed by atoms with E-state index in [-0.39, 0.29) is 22.9 Å². The van der Waals surface area contributed by atoms with Crippen LogP contribution in [0.4, 0.5) is 0 Å². The molecule has 0 saturated heterocycles. The molecule has 1 aliphatic heterocycles. The van der Waals surface area contributed by atoms with Gasteiger partial charge in [0, 0.05) is 6.08 Å². The second-order valence-corrected chi connectivity index (χ2v) is 8.81. The molecule has 1 N–H and O–H groups in total. The van der Waals surface area contributed by atoms with Gasteiger partial charge >= 0.3 is 5.97 Å². The molecule has 23 heavy (non-hydrogen) atoms. The molecule has 2 aliphatic carbocycles. The van der Waals surface area contributed by atoms with Gasteiger partial charge in [0.1, 0.15) is 6.61 Å². The Morgan fingerprint density at radius 3 is 2.74 bits per heavy atom. The van der Waals surface area contributed by atoms with E-state index < -0.39 is 0 Å². The number of esters is 1. The molecule has 3 nitrogen and oxygen atoms in total. The van der Waals surface area contributed by atoms with Crippen LogP contribution in [-0.4, -0.2) is 23.8 Å². The number of fused-ring (bicyclic) bond motifs is 1. The molecule has 1 heterocycles. The second kappa shape index (κ2) is 5.77. The average molecular weight is 318 g/mol. The van der Waals surface area contributed by atoms with E-state index in [0.717, 1.165) is 37.7 Å². The molecule has 0 aromatic carbocycles. The fourth-order valence-electron chi connectivity index (χ4n) is 5.86. The lowest BCUT2D eigenvalue weighted by atomic mass is 9.46. The number of cyclic esters (lactones) is 1. The van der Waals surface area contributed by atoms with E-state index in [1.165, 1.54) is 12.0 Å². The Bertz CT molecular complexity index is 545. The zero-order valence-corrected chi connectivity index (χ0v) is 14.7. The third-order valence-corrected chi connectivity index (χ3v) is 6.70. The predicted molar refractivity (Wildman–Crippen MR) is 90.8 cm³/mol. The van der Waals surface area contributed by atoms with Crippen molar-refractivity contribution in [2.24, 2.45) is 22.7 Å². The van der Waals surface area contributed by atoms with Crippen LogP contribution in [0.2, 0.25) is 0 Å². The van der Waals surface area contributed by atoms with E-state index in [9.17, 15) is 9.90 Å². The van der Waals surface area contributed by atoms with Crippen LogP contribution in [-0.2, 0) is 9.53 Å². The smallest absolute Gasteiger partial charge is 0.331 e. The van der Waals surface area contributed by atoms with Crippen molar-refractivity contribution in [2.45, 2.75) is 65.4 Å². The summed E-state index contributed by atoms with van der Waals surface area (Å²) in [5.41, 5.74) is 2.72. The minimum Gasteiger partial charge on any atom is -0.458 e. The van der Waals surface area contributed by atoms with Crippen molar-refractivity contribution >= 4 is 5.97 Å². The van der Waals surface area contributed by atoms with E-state index in [1.54, 1.807) is 6.08 Å². The molecule has 0 radical (unpaired) electrons. The van der Waals surface area contributed by atoms with Crippen LogP contribution in [0.25, 0.3) is 0 Å². The summed E-state index contributed by atoms with van der Waals surface area (Å²) in [6.07, 6.45) is 7.40. The summed E-state index contributed by atoms with van der Waals surface area (Å²) in [6, 6.07) is 0. The first kappa shape index (κ1) is 16.8. The van der Waals surface area contributed by atoms with Gasteiger partial charge in [-0.25, -0.2) is 4.79 Å². The van der Waals surface area contributed by atoms with Gasteiger partial charge in [0.05, 0.1) is 6.10 Å². The highest BCUT2D eigenvalue weighted by atomic mass is 16.5. The average Bonchev–Trinajstić information content (AvgIpc) is 2.81. The molecule has 0 spiro atoms. The van der Waals surface area contributed by atoms with Crippen LogP contribution in [0.3, 0.4) is 0 Å². The van der Waals surface area contributed by atoms with Gasteiger partial charge in [0.25, 0.3) is 0 Å². The predicted octanol–water partition coefficient (Wildman–Crippen LogP) is 4.02. The summed E-state index contributed by atoms with van der Waals surface area (Å²) < 4.78 is 5.02. The van der Waals surface area contributed by atoms with Crippen LogP contribution in [0.15, 0.2) is 23.8 Å². The Morgan fingerprint density at radius 1 is 1.35 bits per heavy atom. The summed E-state index contributed by atoms with van der Waals surface area (Å²) >= 11 is 0. The molecule has 3 rings (SSSR count). The van der Waals surface area contributed by atoms with Gasteiger partial charge in [-0.1, -0.05) is 32.9 Å². The SMILES string of the molecule is C=C1CC[C@@H]2C(C)(C)C[C@@H](O)C[C@@]2(C)[C@@H]1CCC1=CC(=O)OC1. The van der Waals surface area contributed by atoms with Gasteiger partial charge in [-0.15, -0.1) is 0 Å². The van der Waals surface area contributed by atoms with E-state index in [0.29, 0.717) is 18.4 Å². The van der Waals surface area contributed by atoms with Gasteiger partial charge in [-0.2, -0.15) is 0 Å². The second-order valence-electron chi connectivity index (χ2n) is 8.81. The van der Waals surface area contributed by atoms with Crippen LogP contribution < -0.4 is 0 Å². The number of ether oxygens (including phenoxy) is 1. The number of carbonyl (C=O) groups is 1. The standard InChI is InChI=1S/C20H30O3/c1-13-5-8-17-19(2,3)10-15(21)11-20(17,4)16(13)7-6-14-9-18(22)23-12-14/h9,15-17,21H,1,5-8,10-12H2,2-4H3/t15-,16-,17-,20+/m1/s1. The summed E-state index contributed by atoms with van der Waals surface area (Å²) in [7, 11) is 0. The highest BCUT2D eigenvalue weighted by Gasteiger charge is 2.54. The van der Waals surface area contributed by atoms with E-state index in [2.05, 4.69) is 27.4 Å². The molecule has 0 bridgehead atoms. The third-order valence-electron chi connectivity index (χ3n) is 6.70. The lowest BCUT2D eigenvalue weighted by Gasteiger charge is -2.59. The molecule has 2 saturated carbocycles. The van der Waals surface area contributed by atoms with Crippen molar-refractivity contribution in [3.8, 4) is 0 Å². The van der Waals surface area contributed by atoms with Gasteiger partial charge in [-0.05, 0) is 66.8 Å². The molecule has 0 aromatic heterocycles. The minimum absolute atomic E-state index is 0.112. The largest absolute Gasteiger partial charge is 0.458 e. The molecule has 0 unspecified atom stereocenters. The summed E-state index contributed by atoms with van der Waals surface area (Å²) in [4.78, 5) is 11.2. The van der Waals surface area contributed by atoms with Gasteiger partial charge in [0.15, 0.2) is 0 Å². The Balaban J connectivity index is 1.80. The van der Waals surface area contributed by atoms with Gasteiger partial charge in [-0.3, -0.25) is 0 Å². The van der Waals surface area contributed by atoms with Crippen molar-refractivity contribution in [1.29, 1.82) is 0 Å². The number of aliphatic hydroxyl groups excluding tert-OH is 1. The highest BCUT2D eigenvalue weighted by Crippen LogP contribution is 2.61. The molecule has 2 fully saturated rings. The molecule has 4 atom stereocenters. The van der Waals surface area contributed by atoms with Crippen LogP contribution in [0, 0.1) is 22.7 Å². The lowest BCUT2D eigenvalue weighted by molar-refractivity contribution is -0.135. The van der Waals surface area contributed by atoms with Crippen molar-refractivity contribution in [2.75, 3.05) is 6.61 Å². The first-order chi connectivity index (χ1) is 10.7. The zero-order chi connectivity index (χ0) is 16.8. The molecular formula is C20H30O3. The van der Waals surface area contributed by atoms with Crippen molar-refractivity contribution in [3.63, 3.8) is 0 Å². The molecule has 128 valence electrons. The van der Waals surface area contributed by atoms with E-state index in [4.69, 9.17) is 4.74 Å². The normalized spacial score (nSPS) is 39.7. The molecule has 3 aliphatic rings. The van der Waals surface area contributed by atoms with Crippen molar-refractivity contribution in [3.05, 3.63) is 23.8 Å². The minimum atomic E-state index is -0.213. The summed E-state index contributed by atoms with van der Waals surface area (Å²) in [6.45, 7) is 11.8. The monoisotopic (exact) mass is 318 g/mol. The molecule has 3 heteroatoms. The van der Waals surface area contributed by atoms with Crippen molar-refractivity contribution in [1.82, 2.24) is 0 Å².